The van der Waals surface area contributed by atoms with Crippen molar-refractivity contribution in [1.29, 1.82) is 0 Å². The van der Waals surface area contributed by atoms with Crippen LogP contribution in [0.25, 0.3) is 0 Å². The highest BCUT2D eigenvalue weighted by Crippen LogP contribution is 2.30. The van der Waals surface area contributed by atoms with E-state index in [2.05, 4.69) is 0 Å². The Morgan fingerprint density at radius 2 is 1.12 bits per heavy atom. The van der Waals surface area contributed by atoms with E-state index in [1.54, 1.807) is 0 Å². The lowest BCUT2D eigenvalue weighted by molar-refractivity contribution is 0.0538. The van der Waals surface area contributed by atoms with Crippen LogP contribution in [0.5, 0.6) is 0 Å². The molecule has 0 fully saturated rings. The molecule has 3 heteroatoms. The van der Waals surface area contributed by atoms with Gasteiger partial charge in [0.1, 0.15) is 5.60 Å². The Kier molecular flexibility index (Phi) is 3.24. The number of benzene rings is 2. The number of aliphatic hydroxyl groups is 1. The van der Waals surface area contributed by atoms with Crippen LogP contribution in [0.1, 0.15) is 11.1 Å². The molecule has 17 heavy (non-hydrogen) atoms. The maximum absolute atomic E-state index is 10.8. The van der Waals surface area contributed by atoms with E-state index < -0.39 is 11.8 Å². The van der Waals surface area contributed by atoms with Crippen LogP contribution < -0.4 is 11.5 Å². The van der Waals surface area contributed by atoms with Gasteiger partial charge in [0.2, 0.25) is 0 Å². The lowest BCUT2D eigenvalue weighted by Crippen LogP contribution is -2.52. The minimum Gasteiger partial charge on any atom is -0.377 e. The van der Waals surface area contributed by atoms with Gasteiger partial charge in [-0.05, 0) is 11.1 Å². The highest BCUT2D eigenvalue weighted by molar-refractivity contribution is 5.37. The molecule has 3 nitrogen and oxygen atoms in total. The van der Waals surface area contributed by atoms with Crippen molar-refractivity contribution in [2.45, 2.75) is 11.8 Å². The summed E-state index contributed by atoms with van der Waals surface area (Å²) in [7, 11) is 0. The number of hydrogen-bond acceptors (Lipinski definition) is 3. The lowest BCUT2D eigenvalue weighted by Gasteiger charge is -2.32. The van der Waals surface area contributed by atoms with E-state index in [4.69, 9.17) is 11.5 Å². The first kappa shape index (κ1) is 11.8. The van der Waals surface area contributed by atoms with Crippen LogP contribution in [-0.4, -0.2) is 11.3 Å². The molecule has 0 amide bonds. The SMILES string of the molecule is NC(N)C(O)(c1ccccc1)c1ccccc1. The van der Waals surface area contributed by atoms with Crippen LogP contribution >= 0.6 is 0 Å². The second-order valence-electron chi connectivity index (χ2n) is 4.02. The van der Waals surface area contributed by atoms with Crippen molar-refractivity contribution in [3.05, 3.63) is 71.8 Å². The predicted molar refractivity (Wildman–Crippen MR) is 68.0 cm³/mol. The molecular formula is C14H16N2O. The Bertz CT molecular complexity index is 429. The topological polar surface area (TPSA) is 72.3 Å². The average Bonchev–Trinajstić information content (AvgIpc) is 2.39. The van der Waals surface area contributed by atoms with Gasteiger partial charge in [-0.3, -0.25) is 0 Å². The summed E-state index contributed by atoms with van der Waals surface area (Å²) in [5, 5.41) is 10.8. The van der Waals surface area contributed by atoms with E-state index in [0.29, 0.717) is 11.1 Å². The largest absolute Gasteiger partial charge is 0.377 e. The van der Waals surface area contributed by atoms with Crippen LogP contribution in [0.4, 0.5) is 0 Å². The zero-order chi connectivity index (χ0) is 12.3. The first-order valence-corrected chi connectivity index (χ1v) is 5.50. The standard InChI is InChI=1S/C14H16N2O/c15-13(16)14(17,11-7-3-1-4-8-11)12-9-5-2-6-10-12/h1-10,13,17H,15-16H2. The maximum atomic E-state index is 10.8. The van der Waals surface area contributed by atoms with Gasteiger partial charge in [-0.2, -0.15) is 0 Å². The Balaban J connectivity index is 2.55. The van der Waals surface area contributed by atoms with E-state index in [1.807, 2.05) is 60.7 Å². The van der Waals surface area contributed by atoms with Crippen molar-refractivity contribution in [1.82, 2.24) is 0 Å². The number of nitrogens with two attached hydrogens (primary N) is 2. The van der Waals surface area contributed by atoms with Gasteiger partial charge in [-0.1, -0.05) is 60.7 Å². The molecule has 0 aromatic heterocycles. The molecule has 0 atom stereocenters. The Morgan fingerprint density at radius 3 is 1.41 bits per heavy atom. The van der Waals surface area contributed by atoms with Crippen molar-refractivity contribution in [3.8, 4) is 0 Å². The Hall–Kier alpha value is -1.68. The molecule has 2 rings (SSSR count). The molecule has 0 aliphatic carbocycles. The Morgan fingerprint density at radius 1 is 0.765 bits per heavy atom. The van der Waals surface area contributed by atoms with Gasteiger partial charge in [0.15, 0.2) is 0 Å². The summed E-state index contributed by atoms with van der Waals surface area (Å²) in [6.07, 6.45) is -0.882. The molecule has 0 heterocycles. The maximum Gasteiger partial charge on any atom is 0.142 e. The van der Waals surface area contributed by atoms with E-state index in [-0.39, 0.29) is 0 Å². The quantitative estimate of drug-likeness (QED) is 0.690. The van der Waals surface area contributed by atoms with Crippen molar-refractivity contribution < 1.29 is 5.11 Å². The van der Waals surface area contributed by atoms with Crippen LogP contribution in [0.3, 0.4) is 0 Å². The zero-order valence-electron chi connectivity index (χ0n) is 9.45. The summed E-state index contributed by atoms with van der Waals surface area (Å²) in [5.74, 6) is 0. The molecule has 0 saturated carbocycles. The van der Waals surface area contributed by atoms with Crippen molar-refractivity contribution in [3.63, 3.8) is 0 Å². The molecule has 0 bridgehead atoms. The second kappa shape index (κ2) is 4.67. The average molecular weight is 228 g/mol. The zero-order valence-corrected chi connectivity index (χ0v) is 9.45. The molecule has 2 aromatic rings. The van der Waals surface area contributed by atoms with E-state index >= 15 is 0 Å². The molecule has 5 N–H and O–H groups in total. The fraction of sp³-hybridized carbons (Fsp3) is 0.143. The lowest BCUT2D eigenvalue weighted by atomic mass is 9.84. The van der Waals surface area contributed by atoms with Crippen LogP contribution in [0.2, 0.25) is 0 Å². The third-order valence-corrected chi connectivity index (χ3v) is 2.91. The summed E-state index contributed by atoms with van der Waals surface area (Å²) in [6, 6.07) is 18.5. The molecule has 0 unspecified atom stereocenters. The molecule has 0 aliphatic rings. The summed E-state index contributed by atoms with van der Waals surface area (Å²) in [6.45, 7) is 0. The van der Waals surface area contributed by atoms with Gasteiger partial charge in [-0.25, -0.2) is 0 Å². The second-order valence-corrected chi connectivity index (χ2v) is 4.02. The molecule has 0 saturated heterocycles. The first-order valence-electron chi connectivity index (χ1n) is 5.50. The monoisotopic (exact) mass is 228 g/mol. The summed E-state index contributed by atoms with van der Waals surface area (Å²) >= 11 is 0. The smallest absolute Gasteiger partial charge is 0.142 e. The summed E-state index contributed by atoms with van der Waals surface area (Å²) < 4.78 is 0. The van der Waals surface area contributed by atoms with E-state index in [9.17, 15) is 5.11 Å². The van der Waals surface area contributed by atoms with Gasteiger partial charge in [0, 0.05) is 0 Å². The summed E-state index contributed by atoms with van der Waals surface area (Å²) in [5.41, 5.74) is 11.6. The third kappa shape index (κ3) is 2.08. The summed E-state index contributed by atoms with van der Waals surface area (Å²) in [4.78, 5) is 0. The van der Waals surface area contributed by atoms with E-state index in [1.165, 1.54) is 0 Å². The van der Waals surface area contributed by atoms with Gasteiger partial charge in [-0.15, -0.1) is 0 Å². The highest BCUT2D eigenvalue weighted by atomic mass is 16.3. The predicted octanol–water partition coefficient (Wildman–Crippen LogP) is 1.17. The minimum absolute atomic E-state index is 0.696. The first-order chi connectivity index (χ1) is 8.15. The molecule has 0 spiro atoms. The van der Waals surface area contributed by atoms with Crippen LogP contribution in [0, 0.1) is 0 Å². The third-order valence-electron chi connectivity index (χ3n) is 2.91. The van der Waals surface area contributed by atoms with E-state index in [0.717, 1.165) is 0 Å². The van der Waals surface area contributed by atoms with Gasteiger partial charge >= 0.3 is 0 Å². The molecule has 0 aliphatic heterocycles. The molecule has 0 radical (unpaired) electrons. The minimum atomic E-state index is -1.36. The van der Waals surface area contributed by atoms with Gasteiger partial charge < -0.3 is 16.6 Å². The fourth-order valence-electron chi connectivity index (χ4n) is 1.94. The van der Waals surface area contributed by atoms with Crippen molar-refractivity contribution >= 4 is 0 Å². The van der Waals surface area contributed by atoms with Crippen LogP contribution in [-0.2, 0) is 5.60 Å². The molecular weight excluding hydrogens is 212 g/mol. The fourth-order valence-corrected chi connectivity index (χ4v) is 1.94. The van der Waals surface area contributed by atoms with Gasteiger partial charge in [0.05, 0.1) is 6.17 Å². The number of rotatable bonds is 3. The molecule has 2 aromatic carbocycles. The van der Waals surface area contributed by atoms with Crippen LogP contribution in [0.15, 0.2) is 60.7 Å². The van der Waals surface area contributed by atoms with Crippen molar-refractivity contribution in [2.24, 2.45) is 11.5 Å². The molecule has 88 valence electrons. The number of hydrogen-bond donors (Lipinski definition) is 3. The van der Waals surface area contributed by atoms with Crippen molar-refractivity contribution in [2.75, 3.05) is 0 Å². The van der Waals surface area contributed by atoms with Gasteiger partial charge in [0.25, 0.3) is 0 Å². The normalized spacial score (nSPS) is 11.8. The Labute approximate surface area is 101 Å². The highest BCUT2D eigenvalue weighted by Gasteiger charge is 2.35.